The second-order valence-electron chi connectivity index (χ2n) is 3.05. The number of benzene rings is 1. The molecule has 17 heavy (non-hydrogen) atoms. The van der Waals surface area contributed by atoms with Crippen LogP contribution in [0.3, 0.4) is 0 Å². The maximum Gasteiger partial charge on any atom is 0.269 e. The van der Waals surface area contributed by atoms with Gasteiger partial charge in [0, 0.05) is 12.1 Å². The van der Waals surface area contributed by atoms with Crippen molar-refractivity contribution in [2.75, 3.05) is 13.2 Å². The molecule has 92 valence electrons. The van der Waals surface area contributed by atoms with Crippen molar-refractivity contribution in [3.63, 3.8) is 0 Å². The molecule has 7 heteroatoms. The van der Waals surface area contributed by atoms with E-state index in [1.54, 1.807) is 0 Å². The zero-order valence-corrected chi connectivity index (χ0v) is 9.74. The highest BCUT2D eigenvalue weighted by Crippen LogP contribution is 2.18. The molecule has 0 aromatic heterocycles. The number of hydrogen-bond acceptors (Lipinski definition) is 5. The predicted octanol–water partition coefficient (Wildman–Crippen LogP) is 2.87. The highest BCUT2D eigenvalue weighted by atomic mass is 16.7. The van der Waals surface area contributed by atoms with Gasteiger partial charge in [-0.15, -0.1) is 5.11 Å². The fraction of sp³-hybridized carbons (Fsp3) is 0.400. The fourth-order valence-corrected chi connectivity index (χ4v) is 1.07. The largest absolute Gasteiger partial charge is 0.269 e. The van der Waals surface area contributed by atoms with E-state index in [9.17, 15) is 10.1 Å². The minimum Gasteiger partial charge on any atom is -0.258 e. The molecule has 0 aliphatic carbocycles. The molecule has 0 amide bonds. The van der Waals surface area contributed by atoms with Gasteiger partial charge in [0.25, 0.3) is 5.69 Å². The van der Waals surface area contributed by atoms with Gasteiger partial charge in [-0.25, -0.2) is 0 Å². The summed E-state index contributed by atoms with van der Waals surface area (Å²) in [5.74, 6) is 0. The molecule has 0 aliphatic heterocycles. The van der Waals surface area contributed by atoms with Gasteiger partial charge < -0.3 is 0 Å². The third-order valence-corrected chi connectivity index (χ3v) is 1.87. The van der Waals surface area contributed by atoms with Crippen LogP contribution < -0.4 is 0 Å². The van der Waals surface area contributed by atoms with Gasteiger partial charge in [-0.2, -0.15) is 5.17 Å². The van der Waals surface area contributed by atoms with Crippen LogP contribution in [0.1, 0.15) is 13.8 Å². The van der Waals surface area contributed by atoms with Crippen molar-refractivity contribution in [1.82, 2.24) is 5.17 Å². The molecule has 0 saturated heterocycles. The molecule has 0 bridgehead atoms. The summed E-state index contributed by atoms with van der Waals surface area (Å²) in [5.41, 5.74) is 0.565. The van der Waals surface area contributed by atoms with E-state index < -0.39 is 4.92 Å². The van der Waals surface area contributed by atoms with Crippen LogP contribution in [0, 0.1) is 10.1 Å². The molecular formula is C10H14N4O3. The highest BCUT2D eigenvalue weighted by Gasteiger charge is 2.03. The van der Waals surface area contributed by atoms with Gasteiger partial charge >= 0.3 is 0 Å². The number of non-ortho nitro benzene ring substituents is 1. The van der Waals surface area contributed by atoms with E-state index in [1.807, 2.05) is 13.8 Å². The number of nitro benzene ring substituents is 1. The second kappa shape index (κ2) is 6.54. The normalized spacial score (nSPS) is 10.7. The third-order valence-electron chi connectivity index (χ3n) is 1.87. The maximum absolute atomic E-state index is 10.4. The van der Waals surface area contributed by atoms with Crippen molar-refractivity contribution in [2.45, 2.75) is 13.8 Å². The Hall–Kier alpha value is -2.02. The molecule has 0 saturated carbocycles. The molecular weight excluding hydrogens is 224 g/mol. The van der Waals surface area contributed by atoms with Crippen molar-refractivity contribution >= 4 is 11.4 Å². The Bertz CT molecular complexity index is 391. The Balaban J connectivity index is 2.67. The van der Waals surface area contributed by atoms with Crippen LogP contribution in [0.2, 0.25) is 0 Å². The van der Waals surface area contributed by atoms with Gasteiger partial charge in [0.15, 0.2) is 0 Å². The Morgan fingerprint density at radius 3 is 2.47 bits per heavy atom. The van der Waals surface area contributed by atoms with Crippen molar-refractivity contribution in [1.29, 1.82) is 0 Å². The van der Waals surface area contributed by atoms with Crippen molar-refractivity contribution in [2.24, 2.45) is 10.3 Å². The van der Waals surface area contributed by atoms with Crippen LogP contribution in [0.5, 0.6) is 0 Å². The average Bonchev–Trinajstić information content (AvgIpc) is 2.35. The van der Waals surface area contributed by atoms with Gasteiger partial charge in [0.05, 0.1) is 23.8 Å². The molecule has 1 aromatic carbocycles. The lowest BCUT2D eigenvalue weighted by Crippen LogP contribution is -2.16. The van der Waals surface area contributed by atoms with Gasteiger partial charge in [-0.05, 0) is 31.2 Å². The van der Waals surface area contributed by atoms with E-state index in [0.29, 0.717) is 18.8 Å². The number of nitro groups is 1. The van der Waals surface area contributed by atoms with E-state index in [4.69, 9.17) is 4.84 Å². The maximum atomic E-state index is 10.4. The van der Waals surface area contributed by atoms with Gasteiger partial charge in [-0.3, -0.25) is 15.0 Å². The lowest BCUT2D eigenvalue weighted by atomic mass is 10.3. The summed E-state index contributed by atoms with van der Waals surface area (Å²) in [6, 6.07) is 5.82. The lowest BCUT2D eigenvalue weighted by Gasteiger charge is -2.12. The van der Waals surface area contributed by atoms with Crippen LogP contribution in [0.15, 0.2) is 34.6 Å². The Labute approximate surface area is 98.8 Å². The van der Waals surface area contributed by atoms with E-state index in [2.05, 4.69) is 10.3 Å². The molecule has 0 fully saturated rings. The van der Waals surface area contributed by atoms with Crippen LogP contribution in [-0.4, -0.2) is 23.2 Å². The molecule has 1 aromatic rings. The van der Waals surface area contributed by atoms with Gasteiger partial charge in [0.2, 0.25) is 0 Å². The van der Waals surface area contributed by atoms with E-state index in [1.165, 1.54) is 29.4 Å². The van der Waals surface area contributed by atoms with Crippen molar-refractivity contribution < 1.29 is 9.76 Å². The number of rotatable bonds is 6. The Morgan fingerprint density at radius 2 is 2.00 bits per heavy atom. The summed E-state index contributed by atoms with van der Waals surface area (Å²) in [5, 5.41) is 19.5. The summed E-state index contributed by atoms with van der Waals surface area (Å²) in [4.78, 5) is 15.1. The topological polar surface area (TPSA) is 80.3 Å². The predicted molar refractivity (Wildman–Crippen MR) is 61.6 cm³/mol. The number of hydrogen-bond donors (Lipinski definition) is 0. The minimum atomic E-state index is -0.459. The molecule has 0 aliphatic rings. The first-order valence-corrected chi connectivity index (χ1v) is 5.24. The monoisotopic (exact) mass is 238 g/mol. The summed E-state index contributed by atoms with van der Waals surface area (Å²) in [7, 11) is 0. The standard InChI is InChI=1S/C10H14N4O3/c1-3-13(17-4-2)12-11-9-5-7-10(8-6-9)14(15)16/h5-8H,3-4H2,1-2H3. The molecule has 1 rings (SSSR count). The molecule has 7 nitrogen and oxygen atoms in total. The fourth-order valence-electron chi connectivity index (χ4n) is 1.07. The van der Waals surface area contributed by atoms with Gasteiger partial charge in [0.1, 0.15) is 0 Å². The van der Waals surface area contributed by atoms with Crippen LogP contribution in [0.4, 0.5) is 11.4 Å². The number of hydroxylamine groups is 1. The molecule has 0 unspecified atom stereocenters. The van der Waals surface area contributed by atoms with Crippen LogP contribution >= 0.6 is 0 Å². The third kappa shape index (κ3) is 4.15. The van der Waals surface area contributed by atoms with E-state index in [-0.39, 0.29) is 5.69 Å². The SMILES string of the molecule is CCON(CC)N=Nc1ccc([N+](=O)[O-])cc1. The highest BCUT2D eigenvalue weighted by molar-refractivity contribution is 5.43. The lowest BCUT2D eigenvalue weighted by molar-refractivity contribution is -0.384. The quantitative estimate of drug-likeness (QED) is 0.433. The van der Waals surface area contributed by atoms with Crippen molar-refractivity contribution in [3.05, 3.63) is 34.4 Å². The summed E-state index contributed by atoms with van der Waals surface area (Å²) < 4.78 is 0. The summed E-state index contributed by atoms with van der Waals surface area (Å²) in [6.45, 7) is 4.81. The molecule has 0 radical (unpaired) electrons. The first-order chi connectivity index (χ1) is 8.17. The summed E-state index contributed by atoms with van der Waals surface area (Å²) in [6.07, 6.45) is 0. The molecule has 0 heterocycles. The zero-order valence-electron chi connectivity index (χ0n) is 9.74. The van der Waals surface area contributed by atoms with Crippen LogP contribution in [0.25, 0.3) is 0 Å². The van der Waals surface area contributed by atoms with Crippen LogP contribution in [-0.2, 0) is 4.84 Å². The Morgan fingerprint density at radius 1 is 1.35 bits per heavy atom. The van der Waals surface area contributed by atoms with E-state index >= 15 is 0 Å². The van der Waals surface area contributed by atoms with Gasteiger partial charge in [-0.1, -0.05) is 0 Å². The zero-order chi connectivity index (χ0) is 12.7. The number of nitrogens with zero attached hydrogens (tertiary/aromatic N) is 4. The molecule has 0 spiro atoms. The Kier molecular flexibility index (Phi) is 5.02. The van der Waals surface area contributed by atoms with Crippen molar-refractivity contribution in [3.8, 4) is 0 Å². The first kappa shape index (κ1) is 13.0. The smallest absolute Gasteiger partial charge is 0.258 e. The minimum absolute atomic E-state index is 0.0288. The first-order valence-electron chi connectivity index (χ1n) is 5.24. The summed E-state index contributed by atoms with van der Waals surface area (Å²) >= 11 is 0. The average molecular weight is 238 g/mol. The second-order valence-corrected chi connectivity index (χ2v) is 3.05. The molecule has 0 N–H and O–H groups in total. The molecule has 0 atom stereocenters. The van der Waals surface area contributed by atoms with E-state index in [0.717, 1.165) is 0 Å².